The molecule has 1 saturated carbocycles. The minimum absolute atomic E-state index is 0.0724. The molecular formula is C13H21BrN4O. The molecule has 0 saturated heterocycles. The first-order valence-corrected chi connectivity index (χ1v) is 7.70. The third kappa shape index (κ3) is 3.79. The van der Waals surface area contributed by atoms with Gasteiger partial charge in [0, 0.05) is 6.54 Å². The van der Waals surface area contributed by atoms with Gasteiger partial charge in [0.25, 0.3) is 0 Å². The van der Waals surface area contributed by atoms with Crippen molar-refractivity contribution in [2.75, 3.05) is 17.2 Å². The number of hydrogen-bond donors (Lipinski definition) is 3. The monoisotopic (exact) mass is 328 g/mol. The van der Waals surface area contributed by atoms with E-state index in [9.17, 15) is 5.11 Å². The molecule has 0 aromatic carbocycles. The smallest absolute Gasteiger partial charge is 0.146 e. The fourth-order valence-electron chi connectivity index (χ4n) is 2.39. The highest BCUT2D eigenvalue weighted by molar-refractivity contribution is 9.10. The standard InChI is InChI=1S/C13H21BrN4O/c1-2-15-12-11(14)13(17-8-16-12)18-9-6-4-3-5-7-10(9)19/h8-10,19H,2-7H2,1H3,(H2,15,16,17,18). The minimum atomic E-state index is -0.299. The van der Waals surface area contributed by atoms with Gasteiger partial charge in [-0.3, -0.25) is 0 Å². The van der Waals surface area contributed by atoms with Crippen LogP contribution in [-0.4, -0.2) is 33.8 Å². The number of hydrogen-bond acceptors (Lipinski definition) is 5. The summed E-state index contributed by atoms with van der Waals surface area (Å²) in [7, 11) is 0. The lowest BCUT2D eigenvalue weighted by Crippen LogP contribution is -2.33. The largest absolute Gasteiger partial charge is 0.391 e. The van der Waals surface area contributed by atoms with Crippen LogP contribution in [0, 0.1) is 0 Å². The number of anilines is 2. The van der Waals surface area contributed by atoms with Crippen molar-refractivity contribution in [3.8, 4) is 0 Å². The SMILES string of the molecule is CCNc1ncnc(NC2CCCCCC2O)c1Br. The molecule has 1 heterocycles. The van der Waals surface area contributed by atoms with E-state index in [-0.39, 0.29) is 12.1 Å². The van der Waals surface area contributed by atoms with Crippen LogP contribution in [0.1, 0.15) is 39.0 Å². The van der Waals surface area contributed by atoms with Crippen LogP contribution in [0.5, 0.6) is 0 Å². The van der Waals surface area contributed by atoms with E-state index in [0.29, 0.717) is 0 Å². The molecule has 0 radical (unpaired) electrons. The second kappa shape index (κ2) is 7.05. The molecule has 1 fully saturated rings. The van der Waals surface area contributed by atoms with Crippen molar-refractivity contribution in [2.45, 2.75) is 51.2 Å². The number of aliphatic hydroxyl groups is 1. The zero-order valence-electron chi connectivity index (χ0n) is 11.2. The van der Waals surface area contributed by atoms with Gasteiger partial charge in [-0.25, -0.2) is 9.97 Å². The topological polar surface area (TPSA) is 70.1 Å². The van der Waals surface area contributed by atoms with Gasteiger partial charge in [-0.15, -0.1) is 0 Å². The number of aromatic nitrogens is 2. The van der Waals surface area contributed by atoms with E-state index in [1.165, 1.54) is 12.7 Å². The summed E-state index contributed by atoms with van der Waals surface area (Å²) in [6.07, 6.45) is 6.53. The minimum Gasteiger partial charge on any atom is -0.391 e. The summed E-state index contributed by atoms with van der Waals surface area (Å²) < 4.78 is 0.827. The quantitative estimate of drug-likeness (QED) is 0.741. The van der Waals surface area contributed by atoms with Crippen molar-refractivity contribution in [3.63, 3.8) is 0 Å². The maximum Gasteiger partial charge on any atom is 0.146 e. The van der Waals surface area contributed by atoms with Crippen LogP contribution in [0.15, 0.2) is 10.8 Å². The number of nitrogens with one attached hydrogen (secondary N) is 2. The average molecular weight is 329 g/mol. The summed E-state index contributed by atoms with van der Waals surface area (Å²) in [4.78, 5) is 8.45. The lowest BCUT2D eigenvalue weighted by molar-refractivity contribution is 0.144. The van der Waals surface area contributed by atoms with Crippen molar-refractivity contribution < 1.29 is 5.11 Å². The second-order valence-corrected chi connectivity index (χ2v) is 5.66. The Labute approximate surface area is 122 Å². The molecule has 6 heteroatoms. The highest BCUT2D eigenvalue weighted by Gasteiger charge is 2.23. The molecule has 2 atom stereocenters. The van der Waals surface area contributed by atoms with E-state index in [4.69, 9.17) is 0 Å². The summed E-state index contributed by atoms with van der Waals surface area (Å²) >= 11 is 3.52. The molecule has 2 unspecified atom stereocenters. The molecule has 2 rings (SSSR count). The number of halogens is 1. The van der Waals surface area contributed by atoms with Crippen LogP contribution < -0.4 is 10.6 Å². The predicted octanol–water partition coefficient (Wildman–Crippen LogP) is 2.78. The Hall–Kier alpha value is -0.880. The van der Waals surface area contributed by atoms with E-state index in [1.54, 1.807) is 0 Å². The van der Waals surface area contributed by atoms with Crippen molar-refractivity contribution >= 4 is 27.6 Å². The number of nitrogens with zero attached hydrogens (tertiary/aromatic N) is 2. The second-order valence-electron chi connectivity index (χ2n) is 4.87. The Bertz CT molecular complexity index is 416. The van der Waals surface area contributed by atoms with Crippen LogP contribution >= 0.6 is 15.9 Å². The van der Waals surface area contributed by atoms with Gasteiger partial charge in [0.15, 0.2) is 0 Å². The van der Waals surface area contributed by atoms with E-state index in [0.717, 1.165) is 48.3 Å². The zero-order valence-corrected chi connectivity index (χ0v) is 12.8. The molecule has 0 amide bonds. The van der Waals surface area contributed by atoms with Crippen molar-refractivity contribution in [3.05, 3.63) is 10.8 Å². The maximum atomic E-state index is 10.1. The molecule has 5 nitrogen and oxygen atoms in total. The van der Waals surface area contributed by atoms with E-state index < -0.39 is 0 Å². The Morgan fingerprint density at radius 2 is 2.00 bits per heavy atom. The van der Waals surface area contributed by atoms with Crippen LogP contribution in [-0.2, 0) is 0 Å². The summed E-state index contributed by atoms with van der Waals surface area (Å²) in [5, 5.41) is 16.7. The normalized spacial score (nSPS) is 23.7. The van der Waals surface area contributed by atoms with Crippen molar-refractivity contribution in [1.29, 1.82) is 0 Å². The Kier molecular flexibility index (Phi) is 5.39. The molecule has 0 bridgehead atoms. The summed E-state index contributed by atoms with van der Waals surface area (Å²) in [6.45, 7) is 2.83. The van der Waals surface area contributed by atoms with Gasteiger partial charge in [-0.05, 0) is 35.7 Å². The average Bonchev–Trinajstić information content (AvgIpc) is 2.60. The van der Waals surface area contributed by atoms with E-state index in [2.05, 4.69) is 36.5 Å². The Balaban J connectivity index is 2.11. The summed E-state index contributed by atoms with van der Waals surface area (Å²) in [5.74, 6) is 1.53. The van der Waals surface area contributed by atoms with Crippen LogP contribution in [0.3, 0.4) is 0 Å². The van der Waals surface area contributed by atoms with Gasteiger partial charge < -0.3 is 15.7 Å². The molecule has 1 aromatic rings. The fourth-order valence-corrected chi connectivity index (χ4v) is 2.85. The predicted molar refractivity (Wildman–Crippen MR) is 80.4 cm³/mol. The van der Waals surface area contributed by atoms with Gasteiger partial charge >= 0.3 is 0 Å². The molecule has 0 aliphatic heterocycles. The molecule has 3 N–H and O–H groups in total. The number of rotatable bonds is 4. The van der Waals surface area contributed by atoms with Gasteiger partial charge in [0.2, 0.25) is 0 Å². The molecular weight excluding hydrogens is 308 g/mol. The summed E-state index contributed by atoms with van der Waals surface area (Å²) in [5.41, 5.74) is 0. The van der Waals surface area contributed by atoms with Gasteiger partial charge in [-0.2, -0.15) is 0 Å². The fraction of sp³-hybridized carbons (Fsp3) is 0.692. The lowest BCUT2D eigenvalue weighted by atomic mass is 10.1. The molecule has 1 aromatic heterocycles. The van der Waals surface area contributed by atoms with E-state index >= 15 is 0 Å². The van der Waals surface area contributed by atoms with Crippen LogP contribution in [0.25, 0.3) is 0 Å². The first-order chi connectivity index (χ1) is 9.22. The highest BCUT2D eigenvalue weighted by Crippen LogP contribution is 2.29. The van der Waals surface area contributed by atoms with Gasteiger partial charge in [0.1, 0.15) is 22.4 Å². The molecule has 0 spiro atoms. The number of aliphatic hydroxyl groups excluding tert-OH is 1. The first-order valence-electron chi connectivity index (χ1n) is 6.91. The molecule has 1 aliphatic carbocycles. The van der Waals surface area contributed by atoms with Gasteiger partial charge in [0.05, 0.1) is 12.1 Å². The van der Waals surface area contributed by atoms with Crippen LogP contribution in [0.4, 0.5) is 11.6 Å². The molecule has 1 aliphatic rings. The van der Waals surface area contributed by atoms with Gasteiger partial charge in [-0.1, -0.05) is 19.3 Å². The maximum absolute atomic E-state index is 10.1. The van der Waals surface area contributed by atoms with Crippen molar-refractivity contribution in [2.24, 2.45) is 0 Å². The highest BCUT2D eigenvalue weighted by atomic mass is 79.9. The van der Waals surface area contributed by atoms with E-state index in [1.807, 2.05) is 6.92 Å². The van der Waals surface area contributed by atoms with Crippen LogP contribution in [0.2, 0.25) is 0 Å². The van der Waals surface area contributed by atoms with Crippen molar-refractivity contribution in [1.82, 2.24) is 9.97 Å². The Morgan fingerprint density at radius 1 is 1.26 bits per heavy atom. The first kappa shape index (κ1) is 14.5. The zero-order chi connectivity index (χ0) is 13.7. The third-order valence-corrected chi connectivity index (χ3v) is 4.19. The molecule has 19 heavy (non-hydrogen) atoms. The summed E-state index contributed by atoms with van der Waals surface area (Å²) in [6, 6.07) is 0.0724. The Morgan fingerprint density at radius 3 is 2.79 bits per heavy atom. The lowest BCUT2D eigenvalue weighted by Gasteiger charge is -2.23. The third-order valence-electron chi connectivity index (χ3n) is 3.44. The molecule has 106 valence electrons.